The molecule has 0 aromatic heterocycles. The number of unbranched alkanes of at least 4 members (excludes halogenated alkanes) is 3. The van der Waals surface area contributed by atoms with Crippen molar-refractivity contribution in [3.63, 3.8) is 0 Å². The summed E-state index contributed by atoms with van der Waals surface area (Å²) in [5.41, 5.74) is 0.860. The van der Waals surface area contributed by atoms with Crippen molar-refractivity contribution >= 4 is 17.7 Å². The molecular formula is C27H45NO6. The molecule has 0 aromatic carbocycles. The maximum absolute atomic E-state index is 12.2. The smallest absolute Gasteiger partial charge is 0.306 e. The van der Waals surface area contributed by atoms with Crippen molar-refractivity contribution in [2.75, 3.05) is 27.7 Å². The van der Waals surface area contributed by atoms with Crippen molar-refractivity contribution in [2.45, 2.75) is 96.2 Å². The van der Waals surface area contributed by atoms with Gasteiger partial charge in [0.15, 0.2) is 11.9 Å². The lowest BCUT2D eigenvalue weighted by atomic mass is 9.96. The highest BCUT2D eigenvalue weighted by Gasteiger charge is 2.27. The highest BCUT2D eigenvalue weighted by Crippen LogP contribution is 2.32. The van der Waals surface area contributed by atoms with Gasteiger partial charge in [-0.1, -0.05) is 44.4 Å². The van der Waals surface area contributed by atoms with E-state index in [0.717, 1.165) is 44.1 Å². The van der Waals surface area contributed by atoms with Gasteiger partial charge in [-0.25, -0.2) is 0 Å². The van der Waals surface area contributed by atoms with Crippen LogP contribution in [0.15, 0.2) is 23.8 Å². The van der Waals surface area contributed by atoms with E-state index in [1.54, 1.807) is 0 Å². The Labute approximate surface area is 205 Å². The first-order valence-corrected chi connectivity index (χ1v) is 12.8. The number of Topliss-reactive ketones (excluding diaryl/α,β-unsaturated/α-hetero) is 1. The minimum atomic E-state index is -1.22. The normalized spacial score (nSPS) is 19.6. The predicted octanol–water partition coefficient (Wildman–Crippen LogP) is 3.10. The Balaban J connectivity index is 2.38. The molecule has 0 bridgehead atoms. The lowest BCUT2D eigenvalue weighted by molar-refractivity contribution is -0.873. The Bertz CT molecular complexity index is 706. The van der Waals surface area contributed by atoms with Gasteiger partial charge in [0.25, 0.3) is 0 Å². The largest absolute Gasteiger partial charge is 0.550 e. The maximum atomic E-state index is 12.2. The number of ketones is 1. The van der Waals surface area contributed by atoms with Crippen molar-refractivity contribution in [1.29, 1.82) is 0 Å². The molecule has 7 heteroatoms. The van der Waals surface area contributed by atoms with Gasteiger partial charge in [0.2, 0.25) is 0 Å². The fourth-order valence-electron chi connectivity index (χ4n) is 4.30. The summed E-state index contributed by atoms with van der Waals surface area (Å²) in [7, 11) is 5.74. The molecule has 3 unspecified atom stereocenters. The Morgan fingerprint density at radius 2 is 1.94 bits per heavy atom. The number of hydrogen-bond acceptors (Lipinski definition) is 6. The third-order valence-corrected chi connectivity index (χ3v) is 6.02. The molecular weight excluding hydrogens is 434 g/mol. The number of nitrogens with zero attached hydrogens (tertiary/aromatic N) is 1. The van der Waals surface area contributed by atoms with Crippen molar-refractivity contribution in [3.8, 4) is 0 Å². The number of aliphatic hydroxyl groups excluding tert-OH is 1. The van der Waals surface area contributed by atoms with Crippen molar-refractivity contribution in [2.24, 2.45) is 5.92 Å². The van der Waals surface area contributed by atoms with Gasteiger partial charge in [0, 0.05) is 25.2 Å². The SMILES string of the molecule is CCCCCC(O)C/C=C1/C(=O)CCC1C/C=C/CCCC(=O)OC(CC(=O)[O-])C[N+](C)(C)C. The molecule has 1 aliphatic carbocycles. The molecule has 1 fully saturated rings. The average Bonchev–Trinajstić information content (AvgIpc) is 3.06. The van der Waals surface area contributed by atoms with Crippen LogP contribution in [0.1, 0.15) is 84.0 Å². The number of quaternary nitrogens is 1. The summed E-state index contributed by atoms with van der Waals surface area (Å²) in [6.45, 7) is 2.55. The van der Waals surface area contributed by atoms with Gasteiger partial charge in [0.1, 0.15) is 6.54 Å². The second-order valence-electron chi connectivity index (χ2n) is 10.5. The zero-order chi connectivity index (χ0) is 25.6. The molecule has 0 amide bonds. The summed E-state index contributed by atoms with van der Waals surface area (Å²) in [5.74, 6) is -1.21. The van der Waals surface area contributed by atoms with Gasteiger partial charge in [-0.2, -0.15) is 0 Å². The first-order valence-electron chi connectivity index (χ1n) is 12.8. The highest BCUT2D eigenvalue weighted by atomic mass is 16.5. The lowest BCUT2D eigenvalue weighted by Gasteiger charge is -2.29. The van der Waals surface area contributed by atoms with E-state index in [0.29, 0.717) is 36.7 Å². The predicted molar refractivity (Wildman–Crippen MR) is 131 cm³/mol. The van der Waals surface area contributed by atoms with Crippen molar-refractivity contribution < 1.29 is 33.8 Å². The second-order valence-corrected chi connectivity index (χ2v) is 10.5. The number of allylic oxidation sites excluding steroid dienone is 3. The van der Waals surface area contributed by atoms with E-state index in [-0.39, 0.29) is 30.6 Å². The molecule has 34 heavy (non-hydrogen) atoms. The fraction of sp³-hybridized carbons (Fsp3) is 0.741. The Hall–Kier alpha value is -1.99. The number of carboxylic acid groups (broad SMARTS) is 1. The first-order chi connectivity index (χ1) is 16.0. The number of carbonyl (C=O) groups excluding carboxylic acids is 3. The van der Waals surface area contributed by atoms with Gasteiger partial charge in [-0.3, -0.25) is 9.59 Å². The van der Waals surface area contributed by atoms with Crippen LogP contribution in [0.25, 0.3) is 0 Å². The zero-order valence-corrected chi connectivity index (χ0v) is 21.6. The monoisotopic (exact) mass is 479 g/mol. The molecule has 3 atom stereocenters. The van der Waals surface area contributed by atoms with Crippen molar-refractivity contribution in [1.82, 2.24) is 0 Å². The number of carboxylic acids is 1. The first kappa shape index (κ1) is 30.0. The number of carbonyl (C=O) groups is 3. The van der Waals surface area contributed by atoms with Crippen LogP contribution in [0.5, 0.6) is 0 Å². The molecule has 1 saturated carbocycles. The molecule has 0 aromatic rings. The topological polar surface area (TPSA) is 104 Å². The zero-order valence-electron chi connectivity index (χ0n) is 21.6. The van der Waals surface area contributed by atoms with E-state index in [2.05, 4.69) is 13.0 Å². The molecule has 1 aliphatic rings. The van der Waals surface area contributed by atoms with Gasteiger partial charge >= 0.3 is 5.97 Å². The van der Waals surface area contributed by atoms with Crippen LogP contribution in [0, 0.1) is 5.92 Å². The third kappa shape index (κ3) is 13.7. The van der Waals surface area contributed by atoms with E-state index < -0.39 is 18.0 Å². The molecule has 7 nitrogen and oxygen atoms in total. The van der Waals surface area contributed by atoms with Gasteiger partial charge < -0.3 is 24.2 Å². The number of rotatable bonds is 17. The molecule has 0 aliphatic heterocycles. The summed E-state index contributed by atoms with van der Waals surface area (Å²) in [6.07, 6.45) is 13.0. The lowest BCUT2D eigenvalue weighted by Crippen LogP contribution is -2.45. The average molecular weight is 480 g/mol. The maximum Gasteiger partial charge on any atom is 0.306 e. The number of ether oxygens (including phenoxy) is 1. The Morgan fingerprint density at radius 3 is 2.59 bits per heavy atom. The number of esters is 1. The molecule has 0 radical (unpaired) electrons. The molecule has 194 valence electrons. The van der Waals surface area contributed by atoms with Crippen LogP contribution in [0.4, 0.5) is 0 Å². The second kappa shape index (κ2) is 15.8. The van der Waals surface area contributed by atoms with E-state index in [1.807, 2.05) is 33.3 Å². The molecule has 0 heterocycles. The molecule has 1 rings (SSSR count). The van der Waals surface area contributed by atoms with E-state index in [9.17, 15) is 24.6 Å². The molecule has 0 saturated heterocycles. The van der Waals surface area contributed by atoms with Crippen LogP contribution in [0.3, 0.4) is 0 Å². The fourth-order valence-corrected chi connectivity index (χ4v) is 4.30. The summed E-state index contributed by atoms with van der Waals surface area (Å²) >= 11 is 0. The minimum absolute atomic E-state index is 0.196. The van der Waals surface area contributed by atoms with Crippen LogP contribution in [-0.2, 0) is 19.1 Å². The van der Waals surface area contributed by atoms with Gasteiger partial charge in [-0.15, -0.1) is 0 Å². The number of aliphatic hydroxyl groups is 1. The Kier molecular flexibility index (Phi) is 14.0. The third-order valence-electron chi connectivity index (χ3n) is 6.02. The summed E-state index contributed by atoms with van der Waals surface area (Å²) in [6, 6.07) is 0. The summed E-state index contributed by atoms with van der Waals surface area (Å²) in [5, 5.41) is 21.1. The van der Waals surface area contributed by atoms with E-state index in [1.165, 1.54) is 0 Å². The molecule has 1 N–H and O–H groups in total. The molecule has 0 spiro atoms. The van der Waals surface area contributed by atoms with Gasteiger partial charge in [-0.05, 0) is 50.0 Å². The Morgan fingerprint density at radius 1 is 1.21 bits per heavy atom. The summed E-state index contributed by atoms with van der Waals surface area (Å²) < 4.78 is 5.86. The van der Waals surface area contributed by atoms with Crippen molar-refractivity contribution in [3.05, 3.63) is 23.8 Å². The quantitative estimate of drug-likeness (QED) is 0.113. The summed E-state index contributed by atoms with van der Waals surface area (Å²) in [4.78, 5) is 35.3. The standard InChI is InChI=1S/C27H45NO6/c1-5-6-9-13-22(29)16-17-24-21(15-18-25(24)30)12-10-7-8-11-14-27(33)34-23(19-26(31)32)20-28(2,3)4/h7,10,17,21-23,29H,5-6,8-9,11-16,18-20H2,1-4H3/b10-7+,24-17+. The highest BCUT2D eigenvalue weighted by molar-refractivity contribution is 5.98. The van der Waals surface area contributed by atoms with Crippen LogP contribution in [0.2, 0.25) is 0 Å². The number of aliphatic carboxylic acids is 1. The number of hydrogen-bond donors (Lipinski definition) is 1. The van der Waals surface area contributed by atoms with E-state index >= 15 is 0 Å². The van der Waals surface area contributed by atoms with Crippen LogP contribution in [-0.4, -0.2) is 67.2 Å². The number of likely N-dealkylation sites (N-methyl/N-ethyl adjacent to an activating group) is 1. The minimum Gasteiger partial charge on any atom is -0.550 e. The van der Waals surface area contributed by atoms with Crippen LogP contribution < -0.4 is 5.11 Å². The van der Waals surface area contributed by atoms with Gasteiger partial charge in [0.05, 0.1) is 27.2 Å². The van der Waals surface area contributed by atoms with Crippen LogP contribution >= 0.6 is 0 Å². The van der Waals surface area contributed by atoms with E-state index in [4.69, 9.17) is 4.74 Å².